The number of nitrogens with one attached hydrogen (secondary N) is 1. The number of carbonyl (C=O) groups excluding carboxylic acids is 1. The van der Waals surface area contributed by atoms with Crippen molar-refractivity contribution in [3.8, 4) is 5.75 Å². The van der Waals surface area contributed by atoms with Crippen molar-refractivity contribution in [2.45, 2.75) is 30.9 Å². The Hall–Kier alpha value is -2.86. The monoisotopic (exact) mass is 411 g/mol. The van der Waals surface area contributed by atoms with Crippen molar-refractivity contribution in [3.05, 3.63) is 83.3 Å². The Balaban J connectivity index is 1.50. The molecule has 1 N–H and O–H groups in total. The second-order valence-electron chi connectivity index (χ2n) is 6.60. The van der Waals surface area contributed by atoms with Crippen molar-refractivity contribution >= 4 is 16.7 Å². The predicted molar refractivity (Wildman–Crippen MR) is 114 cm³/mol. The van der Waals surface area contributed by atoms with Gasteiger partial charge in [-0.1, -0.05) is 30.3 Å². The highest BCUT2D eigenvalue weighted by Crippen LogP contribution is 2.18. The summed E-state index contributed by atoms with van der Waals surface area (Å²) in [5.41, 5.74) is 2.09. The summed E-state index contributed by atoms with van der Waals surface area (Å²) in [6.07, 6.45) is 0.711. The molecule has 5 nitrogen and oxygen atoms in total. The second kappa shape index (κ2) is 10.1. The third kappa shape index (κ3) is 5.81. The van der Waals surface area contributed by atoms with Gasteiger partial charge in [0.15, 0.2) is 5.76 Å². The van der Waals surface area contributed by atoms with E-state index >= 15 is 0 Å². The van der Waals surface area contributed by atoms with Gasteiger partial charge in [-0.3, -0.25) is 9.00 Å². The van der Waals surface area contributed by atoms with Crippen LogP contribution in [-0.2, 0) is 23.0 Å². The molecule has 0 bridgehead atoms. The molecule has 0 spiro atoms. The van der Waals surface area contributed by atoms with Crippen molar-refractivity contribution in [2.75, 3.05) is 13.2 Å². The number of hydrogen-bond donors (Lipinski definition) is 1. The fourth-order valence-electron chi connectivity index (χ4n) is 2.92. The number of ether oxygens (including phenoxy) is 1. The standard InChI is InChI=1S/C23H25NO4S/c1-3-27-19-10-8-18(9-11-19)14-15-24-23(25)21-13-12-20(28-21)16-29(26)22-7-5-4-6-17(22)2/h4-13H,3,14-16H2,1-2H3,(H,24,25)/t29-/m1/s1. The average Bonchev–Trinajstić information content (AvgIpc) is 3.18. The van der Waals surface area contributed by atoms with Gasteiger partial charge in [0.1, 0.15) is 11.5 Å². The van der Waals surface area contributed by atoms with Gasteiger partial charge < -0.3 is 14.5 Å². The number of furan rings is 1. The van der Waals surface area contributed by atoms with Crippen molar-refractivity contribution in [2.24, 2.45) is 0 Å². The molecule has 0 saturated heterocycles. The smallest absolute Gasteiger partial charge is 0.287 e. The van der Waals surface area contributed by atoms with Crippen LogP contribution in [0.5, 0.6) is 5.75 Å². The molecule has 152 valence electrons. The van der Waals surface area contributed by atoms with Gasteiger partial charge in [0.25, 0.3) is 5.91 Å². The molecule has 0 fully saturated rings. The van der Waals surface area contributed by atoms with Crippen LogP contribution in [0.15, 0.2) is 70.0 Å². The zero-order chi connectivity index (χ0) is 20.6. The molecule has 0 radical (unpaired) electrons. The topological polar surface area (TPSA) is 68.5 Å². The first-order valence-corrected chi connectivity index (χ1v) is 10.9. The molecule has 0 aliphatic rings. The lowest BCUT2D eigenvalue weighted by molar-refractivity contribution is 0.0925. The van der Waals surface area contributed by atoms with Gasteiger partial charge in [-0.2, -0.15) is 0 Å². The molecule has 1 aromatic heterocycles. The second-order valence-corrected chi connectivity index (χ2v) is 8.02. The van der Waals surface area contributed by atoms with E-state index in [1.54, 1.807) is 12.1 Å². The first-order chi connectivity index (χ1) is 14.1. The normalized spacial score (nSPS) is 11.8. The van der Waals surface area contributed by atoms with Gasteiger partial charge >= 0.3 is 0 Å². The van der Waals surface area contributed by atoms with E-state index in [9.17, 15) is 9.00 Å². The summed E-state index contributed by atoms with van der Waals surface area (Å²) in [5.74, 6) is 1.57. The van der Waals surface area contributed by atoms with Crippen molar-refractivity contribution in [1.82, 2.24) is 5.32 Å². The number of rotatable bonds is 9. The Morgan fingerprint density at radius 1 is 1.07 bits per heavy atom. The van der Waals surface area contributed by atoms with E-state index in [4.69, 9.17) is 9.15 Å². The number of hydrogen-bond acceptors (Lipinski definition) is 4. The third-order valence-electron chi connectivity index (χ3n) is 4.43. The maximum Gasteiger partial charge on any atom is 0.287 e. The van der Waals surface area contributed by atoms with E-state index in [1.807, 2.05) is 62.4 Å². The van der Waals surface area contributed by atoms with E-state index in [0.29, 0.717) is 25.3 Å². The van der Waals surface area contributed by atoms with E-state index in [0.717, 1.165) is 21.8 Å². The van der Waals surface area contributed by atoms with Crippen LogP contribution in [0.25, 0.3) is 0 Å². The lowest BCUT2D eigenvalue weighted by atomic mass is 10.1. The summed E-state index contributed by atoms with van der Waals surface area (Å²) in [4.78, 5) is 13.1. The molecule has 0 saturated carbocycles. The van der Waals surface area contributed by atoms with Gasteiger partial charge in [0.2, 0.25) is 0 Å². The van der Waals surface area contributed by atoms with Crippen LogP contribution < -0.4 is 10.1 Å². The first-order valence-electron chi connectivity index (χ1n) is 9.59. The van der Waals surface area contributed by atoms with Gasteiger partial charge in [-0.15, -0.1) is 0 Å². The molecule has 3 aromatic rings. The average molecular weight is 412 g/mol. The van der Waals surface area contributed by atoms with E-state index in [1.165, 1.54) is 0 Å². The maximum absolute atomic E-state index is 12.5. The van der Waals surface area contributed by atoms with Crippen LogP contribution in [0, 0.1) is 6.92 Å². The molecule has 0 aliphatic heterocycles. The highest BCUT2D eigenvalue weighted by molar-refractivity contribution is 7.84. The molecular formula is C23H25NO4S. The highest BCUT2D eigenvalue weighted by Gasteiger charge is 2.14. The Bertz CT molecular complexity index is 979. The van der Waals surface area contributed by atoms with E-state index < -0.39 is 10.8 Å². The molecule has 6 heteroatoms. The van der Waals surface area contributed by atoms with E-state index in [-0.39, 0.29) is 17.4 Å². The Labute approximate surface area is 173 Å². The lowest BCUT2D eigenvalue weighted by Gasteiger charge is -2.06. The summed E-state index contributed by atoms with van der Waals surface area (Å²) in [6.45, 7) is 5.01. The fraction of sp³-hybridized carbons (Fsp3) is 0.261. The fourth-order valence-corrected chi connectivity index (χ4v) is 4.15. The third-order valence-corrected chi connectivity index (χ3v) is 5.93. The molecule has 1 amide bonds. The van der Waals surface area contributed by atoms with Crippen molar-refractivity contribution in [3.63, 3.8) is 0 Å². The largest absolute Gasteiger partial charge is 0.494 e. The molecule has 3 rings (SSSR count). The van der Waals surface area contributed by atoms with Gasteiger partial charge in [-0.05, 0) is 61.7 Å². The number of carbonyl (C=O) groups is 1. The highest BCUT2D eigenvalue weighted by atomic mass is 32.2. The SMILES string of the molecule is CCOc1ccc(CCNC(=O)c2ccc(C[S@@](=O)c3ccccc3C)o2)cc1. The van der Waals surface area contributed by atoms with Crippen molar-refractivity contribution in [1.29, 1.82) is 0 Å². The molecule has 1 atom stereocenters. The van der Waals surface area contributed by atoms with Crippen LogP contribution in [0.2, 0.25) is 0 Å². The summed E-state index contributed by atoms with van der Waals surface area (Å²) >= 11 is 0. The quantitative estimate of drug-likeness (QED) is 0.571. The number of aryl methyl sites for hydroxylation is 1. The van der Waals surface area contributed by atoms with Crippen LogP contribution >= 0.6 is 0 Å². The zero-order valence-electron chi connectivity index (χ0n) is 16.6. The summed E-state index contributed by atoms with van der Waals surface area (Å²) in [7, 11) is -1.22. The summed E-state index contributed by atoms with van der Waals surface area (Å²) < 4.78 is 23.6. The summed E-state index contributed by atoms with van der Waals surface area (Å²) in [5, 5.41) is 2.85. The Morgan fingerprint density at radius 2 is 1.83 bits per heavy atom. The minimum atomic E-state index is -1.22. The Kier molecular flexibility index (Phi) is 7.25. The lowest BCUT2D eigenvalue weighted by Crippen LogP contribution is -2.25. The molecule has 1 heterocycles. The minimum absolute atomic E-state index is 0.230. The van der Waals surface area contributed by atoms with Crippen molar-refractivity contribution < 1.29 is 18.2 Å². The zero-order valence-corrected chi connectivity index (χ0v) is 17.5. The summed E-state index contributed by atoms with van der Waals surface area (Å²) in [6, 6.07) is 18.7. The minimum Gasteiger partial charge on any atom is -0.494 e. The van der Waals surface area contributed by atoms with Crippen LogP contribution in [0.3, 0.4) is 0 Å². The van der Waals surface area contributed by atoms with E-state index in [2.05, 4.69) is 5.32 Å². The van der Waals surface area contributed by atoms with Gasteiger partial charge in [-0.25, -0.2) is 0 Å². The molecule has 2 aromatic carbocycles. The van der Waals surface area contributed by atoms with Crippen LogP contribution in [0.4, 0.5) is 0 Å². The first kappa shape index (κ1) is 20.9. The maximum atomic E-state index is 12.5. The predicted octanol–water partition coefficient (Wildman–Crippen LogP) is 4.27. The van der Waals surface area contributed by atoms with Gasteiger partial charge in [0, 0.05) is 11.4 Å². The molecular weight excluding hydrogens is 386 g/mol. The van der Waals surface area contributed by atoms with Crippen LogP contribution in [-0.4, -0.2) is 23.3 Å². The molecule has 0 aliphatic carbocycles. The van der Waals surface area contributed by atoms with Gasteiger partial charge in [0.05, 0.1) is 23.2 Å². The number of benzene rings is 2. The molecule has 29 heavy (non-hydrogen) atoms. The Morgan fingerprint density at radius 3 is 2.55 bits per heavy atom. The van der Waals surface area contributed by atoms with Crippen LogP contribution in [0.1, 0.15) is 34.4 Å². The molecule has 0 unspecified atom stereocenters. The number of amides is 1.